The average molecular weight is 320 g/mol. The van der Waals surface area contributed by atoms with Crippen molar-refractivity contribution in [2.24, 2.45) is 0 Å². The minimum atomic E-state index is -1.49. The number of para-hydroxylation sites is 1. The van der Waals surface area contributed by atoms with Gasteiger partial charge in [-0.25, -0.2) is 0 Å². The number of aliphatic hydroxyl groups excluding tert-OH is 1. The first-order valence-electron chi connectivity index (χ1n) is 7.18. The summed E-state index contributed by atoms with van der Waals surface area (Å²) in [5.74, 6) is 0.675. The van der Waals surface area contributed by atoms with Gasteiger partial charge in [0.1, 0.15) is 11.5 Å². The van der Waals surface area contributed by atoms with Crippen LogP contribution in [0, 0.1) is 0 Å². The summed E-state index contributed by atoms with van der Waals surface area (Å²) in [7, 11) is 1.84. The number of hydrogen-bond donors (Lipinski definition) is 3. The smallest absolute Gasteiger partial charge is 0.159 e. The van der Waals surface area contributed by atoms with E-state index in [1.807, 2.05) is 43.4 Å². The fourth-order valence-electron chi connectivity index (χ4n) is 3.10. The molecule has 0 bridgehead atoms. The summed E-state index contributed by atoms with van der Waals surface area (Å²) in [6.45, 7) is 0.577. The third kappa shape index (κ3) is 2.71. The molecule has 0 spiro atoms. The van der Waals surface area contributed by atoms with Crippen molar-refractivity contribution in [2.45, 2.75) is 18.1 Å². The maximum absolute atomic E-state index is 9.98. The van der Waals surface area contributed by atoms with Crippen molar-refractivity contribution in [3.63, 3.8) is 0 Å². The Labute approximate surface area is 134 Å². The molecule has 5 heteroatoms. The highest BCUT2D eigenvalue weighted by atomic mass is 35.5. The predicted molar refractivity (Wildman–Crippen MR) is 85.6 cm³/mol. The lowest BCUT2D eigenvalue weighted by Crippen LogP contribution is -2.30. The standard InChI is InChI=1S/C17H18ClNO3/c1-19-9-13-12-8-10(18)6-7-15(12)22-14-5-3-2-4-11(14)16(13)17(20)21/h2-8,13,16-17,19-21H,9H2,1H3/t13-,16-/m1/s1. The first-order chi connectivity index (χ1) is 10.6. The van der Waals surface area contributed by atoms with Gasteiger partial charge in [0.2, 0.25) is 0 Å². The Morgan fingerprint density at radius 1 is 1.14 bits per heavy atom. The largest absolute Gasteiger partial charge is 0.457 e. The Hall–Kier alpha value is -1.59. The van der Waals surface area contributed by atoms with Crippen LogP contribution in [0.1, 0.15) is 23.0 Å². The fraction of sp³-hybridized carbons (Fsp3) is 0.294. The number of nitrogens with one attached hydrogen (secondary N) is 1. The van der Waals surface area contributed by atoms with Gasteiger partial charge < -0.3 is 20.3 Å². The molecular weight excluding hydrogens is 302 g/mol. The quantitative estimate of drug-likeness (QED) is 0.761. The molecule has 0 fully saturated rings. The highest BCUT2D eigenvalue weighted by molar-refractivity contribution is 6.30. The molecule has 22 heavy (non-hydrogen) atoms. The Bertz CT molecular complexity index is 675. The molecule has 1 aliphatic rings. The van der Waals surface area contributed by atoms with Crippen LogP contribution in [-0.4, -0.2) is 30.1 Å². The third-order valence-corrected chi connectivity index (χ3v) is 4.28. The van der Waals surface area contributed by atoms with Gasteiger partial charge in [-0.15, -0.1) is 0 Å². The molecule has 0 amide bonds. The van der Waals surface area contributed by atoms with E-state index in [1.165, 1.54) is 0 Å². The number of rotatable bonds is 3. The van der Waals surface area contributed by atoms with Crippen molar-refractivity contribution in [2.75, 3.05) is 13.6 Å². The second-order valence-corrected chi connectivity index (χ2v) is 5.86. The molecule has 3 rings (SSSR count). The van der Waals surface area contributed by atoms with E-state index in [0.29, 0.717) is 23.1 Å². The molecule has 1 aliphatic heterocycles. The molecule has 0 aliphatic carbocycles. The predicted octanol–water partition coefficient (Wildman–Crippen LogP) is 2.84. The van der Waals surface area contributed by atoms with Crippen LogP contribution >= 0.6 is 11.6 Å². The van der Waals surface area contributed by atoms with E-state index >= 15 is 0 Å². The van der Waals surface area contributed by atoms with E-state index in [4.69, 9.17) is 16.3 Å². The lowest BCUT2D eigenvalue weighted by atomic mass is 9.81. The number of halogens is 1. The number of likely N-dealkylation sites (N-methyl/N-ethyl adjacent to an activating group) is 1. The van der Waals surface area contributed by atoms with Gasteiger partial charge >= 0.3 is 0 Å². The van der Waals surface area contributed by atoms with Crippen molar-refractivity contribution >= 4 is 11.6 Å². The van der Waals surface area contributed by atoms with Crippen LogP contribution in [0.25, 0.3) is 0 Å². The van der Waals surface area contributed by atoms with Gasteiger partial charge in [-0.3, -0.25) is 0 Å². The third-order valence-electron chi connectivity index (χ3n) is 4.05. The first kappa shape index (κ1) is 15.3. The monoisotopic (exact) mass is 319 g/mol. The van der Waals surface area contributed by atoms with Crippen molar-refractivity contribution in [1.29, 1.82) is 0 Å². The van der Waals surface area contributed by atoms with E-state index in [0.717, 1.165) is 11.1 Å². The number of benzene rings is 2. The second-order valence-electron chi connectivity index (χ2n) is 5.43. The summed E-state index contributed by atoms with van der Waals surface area (Å²) < 4.78 is 6.01. The summed E-state index contributed by atoms with van der Waals surface area (Å²) >= 11 is 6.13. The Morgan fingerprint density at radius 2 is 1.86 bits per heavy atom. The molecule has 3 N–H and O–H groups in total. The fourth-order valence-corrected chi connectivity index (χ4v) is 3.29. The maximum Gasteiger partial charge on any atom is 0.159 e. The maximum atomic E-state index is 9.98. The summed E-state index contributed by atoms with van der Waals surface area (Å²) in [6.07, 6.45) is -1.49. The lowest BCUT2D eigenvalue weighted by Gasteiger charge is -2.28. The number of fused-ring (bicyclic) bond motifs is 2. The Balaban J connectivity index is 2.22. The van der Waals surface area contributed by atoms with Gasteiger partial charge in [-0.1, -0.05) is 29.8 Å². The van der Waals surface area contributed by atoms with E-state index in [9.17, 15) is 10.2 Å². The van der Waals surface area contributed by atoms with Crippen LogP contribution in [0.2, 0.25) is 5.02 Å². The van der Waals surface area contributed by atoms with Gasteiger partial charge in [0.15, 0.2) is 6.29 Å². The normalized spacial score (nSPS) is 20.0. The van der Waals surface area contributed by atoms with Gasteiger partial charge in [-0.2, -0.15) is 0 Å². The molecule has 0 saturated heterocycles. The SMILES string of the molecule is CNC[C@@H]1c2cc(Cl)ccc2Oc2ccccc2[C@H]1C(O)O. The molecule has 2 atom stereocenters. The first-order valence-corrected chi connectivity index (χ1v) is 7.56. The lowest BCUT2D eigenvalue weighted by molar-refractivity contribution is -0.0660. The zero-order chi connectivity index (χ0) is 15.7. The van der Waals surface area contributed by atoms with E-state index in [2.05, 4.69) is 5.32 Å². The van der Waals surface area contributed by atoms with Crippen LogP contribution in [0.15, 0.2) is 42.5 Å². The van der Waals surface area contributed by atoms with Gasteiger partial charge in [0.05, 0.1) is 0 Å². The van der Waals surface area contributed by atoms with Crippen LogP contribution in [0.3, 0.4) is 0 Å². The summed E-state index contributed by atoms with van der Waals surface area (Å²) in [5.41, 5.74) is 1.65. The van der Waals surface area contributed by atoms with Crippen LogP contribution < -0.4 is 10.1 Å². The molecule has 0 radical (unpaired) electrons. The van der Waals surface area contributed by atoms with Crippen molar-refractivity contribution in [3.05, 3.63) is 58.6 Å². The number of hydrogen-bond acceptors (Lipinski definition) is 4. The van der Waals surface area contributed by atoms with Crippen LogP contribution in [-0.2, 0) is 0 Å². The molecule has 2 aromatic carbocycles. The molecule has 1 heterocycles. The van der Waals surface area contributed by atoms with Crippen LogP contribution in [0.5, 0.6) is 11.5 Å². The van der Waals surface area contributed by atoms with Crippen molar-refractivity contribution < 1.29 is 14.9 Å². The Kier molecular flexibility index (Phi) is 4.36. The van der Waals surface area contributed by atoms with Crippen LogP contribution in [0.4, 0.5) is 0 Å². The van der Waals surface area contributed by atoms with Gasteiger partial charge in [-0.05, 0) is 31.3 Å². The zero-order valence-electron chi connectivity index (χ0n) is 12.2. The molecule has 0 saturated carbocycles. The summed E-state index contributed by atoms with van der Waals surface area (Å²) in [4.78, 5) is 0. The molecule has 2 aromatic rings. The highest BCUT2D eigenvalue weighted by Gasteiger charge is 2.36. The summed E-state index contributed by atoms with van der Waals surface area (Å²) in [5, 5.41) is 23.7. The molecule has 0 unspecified atom stereocenters. The average Bonchev–Trinajstić information content (AvgIpc) is 2.62. The second kappa shape index (κ2) is 6.26. The molecule has 116 valence electrons. The number of ether oxygens (including phenoxy) is 1. The minimum absolute atomic E-state index is 0.164. The van der Waals surface area contributed by atoms with Crippen molar-refractivity contribution in [1.82, 2.24) is 5.32 Å². The topological polar surface area (TPSA) is 61.7 Å². The molecule has 0 aromatic heterocycles. The minimum Gasteiger partial charge on any atom is -0.457 e. The van der Waals surface area contributed by atoms with E-state index in [1.54, 1.807) is 6.07 Å². The molecule has 4 nitrogen and oxygen atoms in total. The molecular formula is C17H18ClNO3. The zero-order valence-corrected chi connectivity index (χ0v) is 12.9. The van der Waals surface area contributed by atoms with E-state index in [-0.39, 0.29) is 5.92 Å². The van der Waals surface area contributed by atoms with Gasteiger partial charge in [0, 0.05) is 34.5 Å². The van der Waals surface area contributed by atoms with E-state index < -0.39 is 12.2 Å². The summed E-state index contributed by atoms with van der Waals surface area (Å²) in [6, 6.07) is 12.9. The highest BCUT2D eigenvalue weighted by Crippen LogP contribution is 2.47. The Morgan fingerprint density at radius 3 is 2.59 bits per heavy atom. The van der Waals surface area contributed by atoms with Gasteiger partial charge in [0.25, 0.3) is 0 Å². The number of aliphatic hydroxyl groups is 2. The van der Waals surface area contributed by atoms with Crippen molar-refractivity contribution in [3.8, 4) is 11.5 Å².